The Hall–Kier alpha value is -0.120. The minimum Gasteiger partial charge on any atom is -0.366 e. The Morgan fingerprint density at radius 1 is 1.14 bits per heavy atom. The highest BCUT2D eigenvalue weighted by Gasteiger charge is 2.18. The molecular weight excluding hydrogens is 176 g/mol. The fourth-order valence-electron chi connectivity index (χ4n) is 1.75. The molecule has 0 amide bonds. The molecule has 0 spiro atoms. The van der Waals surface area contributed by atoms with E-state index in [2.05, 4.69) is 30.6 Å². The zero-order valence-electron chi connectivity index (χ0n) is 9.83. The predicted molar refractivity (Wildman–Crippen MR) is 59.4 cm³/mol. The molecule has 0 bridgehead atoms. The van der Waals surface area contributed by atoms with E-state index in [0.717, 1.165) is 32.8 Å². The Morgan fingerprint density at radius 3 is 2.29 bits per heavy atom. The largest absolute Gasteiger partial charge is 0.366 e. The van der Waals surface area contributed by atoms with E-state index in [-0.39, 0.29) is 0 Å². The second-order valence-electron chi connectivity index (χ2n) is 4.29. The summed E-state index contributed by atoms with van der Waals surface area (Å²) in [6.07, 6.45) is 1.12. The zero-order valence-corrected chi connectivity index (χ0v) is 9.83. The van der Waals surface area contributed by atoms with E-state index < -0.39 is 0 Å². The molecule has 0 saturated carbocycles. The van der Waals surface area contributed by atoms with Gasteiger partial charge in [-0.25, -0.2) is 0 Å². The highest BCUT2D eigenvalue weighted by atomic mass is 16.5. The molecule has 1 fully saturated rings. The van der Waals surface area contributed by atoms with Crippen molar-refractivity contribution in [2.24, 2.45) is 0 Å². The quantitative estimate of drug-likeness (QED) is 0.624. The van der Waals surface area contributed by atoms with Gasteiger partial charge in [-0.1, -0.05) is 6.92 Å². The van der Waals surface area contributed by atoms with Gasteiger partial charge in [-0.2, -0.15) is 0 Å². The number of piperazine rings is 1. The first-order valence-corrected chi connectivity index (χ1v) is 5.78. The van der Waals surface area contributed by atoms with Crippen molar-refractivity contribution < 1.29 is 4.74 Å². The van der Waals surface area contributed by atoms with E-state index >= 15 is 0 Å². The van der Waals surface area contributed by atoms with Crippen LogP contribution in [-0.2, 0) is 4.74 Å². The molecule has 0 aliphatic carbocycles. The van der Waals surface area contributed by atoms with E-state index in [0.29, 0.717) is 6.04 Å². The third-order valence-electron chi connectivity index (χ3n) is 2.76. The van der Waals surface area contributed by atoms with Crippen molar-refractivity contribution in [1.29, 1.82) is 0 Å². The third kappa shape index (κ3) is 3.95. The lowest BCUT2D eigenvalue weighted by atomic mass is 10.2. The Morgan fingerprint density at radius 2 is 1.79 bits per heavy atom. The molecule has 1 saturated heterocycles. The van der Waals surface area contributed by atoms with Crippen LogP contribution in [0.4, 0.5) is 0 Å². The van der Waals surface area contributed by atoms with Gasteiger partial charge in [0.05, 0.1) is 6.73 Å². The number of hydrogen-bond acceptors (Lipinski definition) is 3. The maximum atomic E-state index is 5.53. The van der Waals surface area contributed by atoms with Gasteiger partial charge in [0.2, 0.25) is 0 Å². The lowest BCUT2D eigenvalue weighted by Crippen LogP contribution is -2.49. The van der Waals surface area contributed by atoms with Crippen LogP contribution >= 0.6 is 0 Å². The minimum atomic E-state index is 0.689. The van der Waals surface area contributed by atoms with E-state index in [9.17, 15) is 0 Å². The number of rotatable bonds is 5. The summed E-state index contributed by atoms with van der Waals surface area (Å²) in [7, 11) is 0. The molecular formula is C11H24N2O. The van der Waals surface area contributed by atoms with Crippen LogP contribution in [-0.4, -0.2) is 55.4 Å². The van der Waals surface area contributed by atoms with Gasteiger partial charge in [0, 0.05) is 38.8 Å². The number of nitrogens with zero attached hydrogens (tertiary/aromatic N) is 2. The lowest BCUT2D eigenvalue weighted by molar-refractivity contribution is -0.00268. The summed E-state index contributed by atoms with van der Waals surface area (Å²) in [4.78, 5) is 4.92. The van der Waals surface area contributed by atoms with Crippen molar-refractivity contribution in [3.8, 4) is 0 Å². The van der Waals surface area contributed by atoms with Crippen molar-refractivity contribution >= 4 is 0 Å². The third-order valence-corrected chi connectivity index (χ3v) is 2.76. The number of ether oxygens (including phenoxy) is 1. The maximum Gasteiger partial charge on any atom is 0.0991 e. The molecule has 0 unspecified atom stereocenters. The molecule has 3 nitrogen and oxygen atoms in total. The van der Waals surface area contributed by atoms with E-state index in [1.54, 1.807) is 0 Å². The molecule has 0 radical (unpaired) electrons. The van der Waals surface area contributed by atoms with Crippen molar-refractivity contribution in [1.82, 2.24) is 9.80 Å². The van der Waals surface area contributed by atoms with E-state index in [4.69, 9.17) is 4.74 Å². The van der Waals surface area contributed by atoms with Crippen LogP contribution in [0.1, 0.15) is 27.2 Å². The topological polar surface area (TPSA) is 15.7 Å². The number of hydrogen-bond donors (Lipinski definition) is 0. The second kappa shape index (κ2) is 6.38. The van der Waals surface area contributed by atoms with Crippen molar-refractivity contribution in [2.45, 2.75) is 33.2 Å². The molecule has 0 aromatic heterocycles. The van der Waals surface area contributed by atoms with Crippen LogP contribution in [0, 0.1) is 0 Å². The van der Waals surface area contributed by atoms with Crippen LogP contribution in [0.5, 0.6) is 0 Å². The zero-order chi connectivity index (χ0) is 10.4. The molecule has 3 heteroatoms. The lowest BCUT2D eigenvalue weighted by Gasteiger charge is -2.36. The molecule has 0 atom stereocenters. The summed E-state index contributed by atoms with van der Waals surface area (Å²) in [6, 6.07) is 0.689. The van der Waals surface area contributed by atoms with Gasteiger partial charge in [-0.15, -0.1) is 0 Å². The smallest absolute Gasteiger partial charge is 0.0991 e. The first-order chi connectivity index (χ1) is 6.74. The highest BCUT2D eigenvalue weighted by Crippen LogP contribution is 2.05. The van der Waals surface area contributed by atoms with Crippen LogP contribution in [0.15, 0.2) is 0 Å². The van der Waals surface area contributed by atoms with Gasteiger partial charge in [0.15, 0.2) is 0 Å². The summed E-state index contributed by atoms with van der Waals surface area (Å²) < 4.78 is 5.53. The first kappa shape index (κ1) is 12.0. The summed E-state index contributed by atoms with van der Waals surface area (Å²) in [5.74, 6) is 0. The fraction of sp³-hybridized carbons (Fsp3) is 1.00. The highest BCUT2D eigenvalue weighted by molar-refractivity contribution is 4.72. The normalized spacial score (nSPS) is 20.6. The molecule has 0 N–H and O–H groups in total. The van der Waals surface area contributed by atoms with Crippen molar-refractivity contribution in [2.75, 3.05) is 39.5 Å². The molecule has 1 rings (SSSR count). The van der Waals surface area contributed by atoms with Crippen molar-refractivity contribution in [3.05, 3.63) is 0 Å². The van der Waals surface area contributed by atoms with Crippen molar-refractivity contribution in [3.63, 3.8) is 0 Å². The van der Waals surface area contributed by atoms with E-state index in [1.165, 1.54) is 13.1 Å². The standard InChI is InChI=1S/C11H24N2O/c1-4-9-14-10-12-5-7-13(8-6-12)11(2)3/h11H,4-10H2,1-3H3. The van der Waals surface area contributed by atoms with Crippen LogP contribution in [0.25, 0.3) is 0 Å². The fourth-order valence-corrected chi connectivity index (χ4v) is 1.75. The van der Waals surface area contributed by atoms with Gasteiger partial charge in [-0.3, -0.25) is 9.80 Å². The molecule has 0 aromatic carbocycles. The molecule has 1 aliphatic heterocycles. The van der Waals surface area contributed by atoms with Crippen LogP contribution < -0.4 is 0 Å². The Balaban J connectivity index is 2.09. The summed E-state index contributed by atoms with van der Waals surface area (Å²) >= 11 is 0. The monoisotopic (exact) mass is 200 g/mol. The van der Waals surface area contributed by atoms with Crippen LogP contribution in [0.3, 0.4) is 0 Å². The van der Waals surface area contributed by atoms with E-state index in [1.807, 2.05) is 0 Å². The maximum absolute atomic E-state index is 5.53. The molecule has 14 heavy (non-hydrogen) atoms. The second-order valence-corrected chi connectivity index (χ2v) is 4.29. The van der Waals surface area contributed by atoms with Gasteiger partial charge >= 0.3 is 0 Å². The average Bonchev–Trinajstić information content (AvgIpc) is 2.19. The van der Waals surface area contributed by atoms with Gasteiger partial charge in [0.25, 0.3) is 0 Å². The summed E-state index contributed by atoms with van der Waals surface area (Å²) in [5.41, 5.74) is 0. The Kier molecular flexibility index (Phi) is 5.45. The van der Waals surface area contributed by atoms with Gasteiger partial charge < -0.3 is 4.74 Å². The molecule has 0 aromatic rings. The molecule has 1 aliphatic rings. The Labute approximate surface area is 88.0 Å². The minimum absolute atomic E-state index is 0.689. The summed E-state index contributed by atoms with van der Waals surface area (Å²) in [5, 5.41) is 0. The molecule has 1 heterocycles. The summed E-state index contributed by atoms with van der Waals surface area (Å²) in [6.45, 7) is 13.1. The first-order valence-electron chi connectivity index (χ1n) is 5.78. The molecule has 84 valence electrons. The Bertz CT molecular complexity index is 142. The SMILES string of the molecule is CCCOCN1CCN(C(C)C)CC1. The average molecular weight is 200 g/mol. The van der Waals surface area contributed by atoms with Gasteiger partial charge in [0.1, 0.15) is 0 Å². The van der Waals surface area contributed by atoms with Crippen LogP contribution in [0.2, 0.25) is 0 Å². The predicted octanol–water partition coefficient (Wildman–Crippen LogP) is 1.40. The van der Waals surface area contributed by atoms with Gasteiger partial charge in [-0.05, 0) is 20.3 Å².